The second-order valence-electron chi connectivity index (χ2n) is 14.0. The van der Waals surface area contributed by atoms with E-state index in [-0.39, 0.29) is 38.6 Å². The summed E-state index contributed by atoms with van der Waals surface area (Å²) in [5.74, 6) is -0.00738. The topological polar surface area (TPSA) is 134 Å². The maximum Gasteiger partial charge on any atom is 0.472 e. The summed E-state index contributed by atoms with van der Waals surface area (Å²) in [6, 6.07) is 0. The fourth-order valence-electron chi connectivity index (χ4n) is 5.01. The van der Waals surface area contributed by atoms with Crippen molar-refractivity contribution in [1.29, 1.82) is 0 Å². The molecule has 0 spiro atoms. The quantitative estimate of drug-likeness (QED) is 0.0422. The standard InChI is InChI=1S/C35H70NO8P/c1-6-31(2)23-19-15-11-7-8-13-17-21-25-34(38)44-32(30-43-45(39,40)42-28-27-36)29-41-33(37)24-20-16-12-9-10-14-18-22-26-35(3,4)5/h31-32H,6-30,36H2,1-5H3,(H,39,40)/t31?,32-/m0/s1. The normalized spacial score (nSPS) is 14.6. The Morgan fingerprint density at radius 1 is 0.733 bits per heavy atom. The minimum Gasteiger partial charge on any atom is -0.462 e. The van der Waals surface area contributed by atoms with Crippen molar-refractivity contribution < 1.29 is 37.6 Å². The first-order valence-electron chi connectivity index (χ1n) is 18.1. The summed E-state index contributed by atoms with van der Waals surface area (Å²) in [4.78, 5) is 34.6. The summed E-state index contributed by atoms with van der Waals surface area (Å²) in [5.41, 5.74) is 5.73. The molecule has 0 saturated carbocycles. The van der Waals surface area contributed by atoms with E-state index >= 15 is 0 Å². The molecule has 0 bridgehead atoms. The molecule has 0 fully saturated rings. The lowest BCUT2D eigenvalue weighted by Crippen LogP contribution is -2.29. The van der Waals surface area contributed by atoms with Crippen LogP contribution < -0.4 is 5.73 Å². The van der Waals surface area contributed by atoms with Crippen LogP contribution in [0.5, 0.6) is 0 Å². The van der Waals surface area contributed by atoms with E-state index in [2.05, 4.69) is 34.6 Å². The first-order valence-corrected chi connectivity index (χ1v) is 19.5. The molecule has 0 aromatic rings. The van der Waals surface area contributed by atoms with Crippen LogP contribution in [0.15, 0.2) is 0 Å². The number of hydrogen-bond acceptors (Lipinski definition) is 8. The van der Waals surface area contributed by atoms with Gasteiger partial charge in [0.2, 0.25) is 0 Å². The maximum atomic E-state index is 12.5. The molecule has 3 atom stereocenters. The Bertz CT molecular complexity index is 773. The highest BCUT2D eigenvalue weighted by atomic mass is 31.2. The molecule has 0 saturated heterocycles. The predicted molar refractivity (Wildman–Crippen MR) is 183 cm³/mol. The molecule has 10 heteroatoms. The van der Waals surface area contributed by atoms with Gasteiger partial charge in [0.05, 0.1) is 13.2 Å². The highest BCUT2D eigenvalue weighted by molar-refractivity contribution is 7.47. The number of phosphoric acid groups is 1. The number of unbranched alkanes of at least 4 members (excludes halogenated alkanes) is 14. The molecular weight excluding hydrogens is 593 g/mol. The van der Waals surface area contributed by atoms with Gasteiger partial charge < -0.3 is 20.1 Å². The minimum absolute atomic E-state index is 0.0552. The molecular formula is C35H70NO8P. The molecule has 0 amide bonds. The molecule has 2 unspecified atom stereocenters. The van der Waals surface area contributed by atoms with E-state index in [1.54, 1.807) is 0 Å². The van der Waals surface area contributed by atoms with E-state index in [0.717, 1.165) is 44.4 Å². The lowest BCUT2D eigenvalue weighted by Gasteiger charge is -2.19. The number of carbonyl (C=O) groups excluding carboxylic acids is 2. The molecule has 0 aliphatic rings. The Labute approximate surface area is 276 Å². The van der Waals surface area contributed by atoms with Gasteiger partial charge in [0.15, 0.2) is 6.10 Å². The van der Waals surface area contributed by atoms with Crippen LogP contribution in [-0.4, -0.2) is 49.3 Å². The van der Waals surface area contributed by atoms with Crippen LogP contribution in [0, 0.1) is 11.3 Å². The number of rotatable bonds is 31. The van der Waals surface area contributed by atoms with Gasteiger partial charge in [0, 0.05) is 19.4 Å². The number of phosphoric ester groups is 1. The van der Waals surface area contributed by atoms with Gasteiger partial charge in [-0.2, -0.15) is 0 Å². The predicted octanol–water partition coefficient (Wildman–Crippen LogP) is 9.43. The molecule has 0 aliphatic heterocycles. The van der Waals surface area contributed by atoms with Crippen molar-refractivity contribution >= 4 is 19.8 Å². The van der Waals surface area contributed by atoms with Gasteiger partial charge in [-0.25, -0.2) is 4.57 Å². The van der Waals surface area contributed by atoms with Crippen molar-refractivity contribution in [2.24, 2.45) is 17.1 Å². The first-order chi connectivity index (χ1) is 21.4. The second-order valence-corrected chi connectivity index (χ2v) is 15.4. The number of nitrogens with two attached hydrogens (primary N) is 1. The lowest BCUT2D eigenvalue weighted by atomic mass is 9.89. The van der Waals surface area contributed by atoms with Crippen LogP contribution in [0.3, 0.4) is 0 Å². The zero-order valence-corrected chi connectivity index (χ0v) is 30.6. The van der Waals surface area contributed by atoms with Gasteiger partial charge in [0.25, 0.3) is 0 Å². The number of carbonyl (C=O) groups is 2. The highest BCUT2D eigenvalue weighted by Crippen LogP contribution is 2.43. The van der Waals surface area contributed by atoms with Crippen molar-refractivity contribution in [1.82, 2.24) is 0 Å². The largest absolute Gasteiger partial charge is 0.472 e. The van der Waals surface area contributed by atoms with Gasteiger partial charge in [-0.15, -0.1) is 0 Å². The van der Waals surface area contributed by atoms with Crippen LogP contribution in [0.1, 0.15) is 169 Å². The molecule has 45 heavy (non-hydrogen) atoms. The molecule has 0 heterocycles. The van der Waals surface area contributed by atoms with Gasteiger partial charge in [-0.1, -0.05) is 137 Å². The van der Waals surface area contributed by atoms with Crippen molar-refractivity contribution in [3.05, 3.63) is 0 Å². The van der Waals surface area contributed by atoms with Crippen LogP contribution in [-0.2, 0) is 32.7 Å². The Kier molecular flexibility index (Phi) is 27.4. The number of hydrogen-bond donors (Lipinski definition) is 2. The summed E-state index contributed by atoms with van der Waals surface area (Å²) in [7, 11) is -4.36. The molecule has 0 aromatic heterocycles. The number of esters is 2. The Hall–Kier alpha value is -0.990. The Balaban J connectivity index is 4.28. The average molecular weight is 664 g/mol. The van der Waals surface area contributed by atoms with Crippen molar-refractivity contribution in [3.63, 3.8) is 0 Å². The fourth-order valence-corrected chi connectivity index (χ4v) is 5.78. The van der Waals surface area contributed by atoms with Crippen molar-refractivity contribution in [3.8, 4) is 0 Å². The van der Waals surface area contributed by atoms with E-state index in [9.17, 15) is 19.0 Å². The number of ether oxygens (including phenoxy) is 2. The van der Waals surface area contributed by atoms with E-state index < -0.39 is 26.5 Å². The van der Waals surface area contributed by atoms with E-state index in [1.807, 2.05) is 0 Å². The van der Waals surface area contributed by atoms with Crippen molar-refractivity contribution in [2.75, 3.05) is 26.4 Å². The molecule has 3 N–H and O–H groups in total. The van der Waals surface area contributed by atoms with Gasteiger partial charge >= 0.3 is 19.8 Å². The lowest BCUT2D eigenvalue weighted by molar-refractivity contribution is -0.161. The third kappa shape index (κ3) is 31.4. The second kappa shape index (κ2) is 28.1. The third-order valence-electron chi connectivity index (χ3n) is 8.11. The van der Waals surface area contributed by atoms with Crippen LogP contribution in [0.4, 0.5) is 0 Å². The molecule has 0 radical (unpaired) electrons. The summed E-state index contributed by atoms with van der Waals surface area (Å²) >= 11 is 0. The van der Waals surface area contributed by atoms with Crippen LogP contribution in [0.25, 0.3) is 0 Å². The van der Waals surface area contributed by atoms with Crippen LogP contribution in [0.2, 0.25) is 0 Å². The SMILES string of the molecule is CCC(C)CCCCCCCCCCC(=O)O[C@@H](COC(=O)CCCCCCCCCCC(C)(C)C)COP(=O)(O)OCCN. The summed E-state index contributed by atoms with van der Waals surface area (Å²) < 4.78 is 32.6. The molecule has 268 valence electrons. The molecule has 0 rings (SSSR count). The van der Waals surface area contributed by atoms with E-state index in [0.29, 0.717) is 11.8 Å². The summed E-state index contributed by atoms with van der Waals surface area (Å²) in [6.45, 7) is 10.6. The zero-order chi connectivity index (χ0) is 33.8. The Morgan fingerprint density at radius 2 is 1.22 bits per heavy atom. The third-order valence-corrected chi connectivity index (χ3v) is 9.09. The first kappa shape index (κ1) is 44.0. The highest BCUT2D eigenvalue weighted by Gasteiger charge is 2.26. The molecule has 0 aromatic carbocycles. The van der Waals surface area contributed by atoms with E-state index in [1.165, 1.54) is 77.0 Å². The van der Waals surface area contributed by atoms with Gasteiger partial charge in [0.1, 0.15) is 6.61 Å². The van der Waals surface area contributed by atoms with E-state index in [4.69, 9.17) is 24.3 Å². The monoisotopic (exact) mass is 663 g/mol. The Morgan fingerprint density at radius 3 is 1.73 bits per heavy atom. The zero-order valence-electron chi connectivity index (χ0n) is 29.7. The van der Waals surface area contributed by atoms with Crippen molar-refractivity contribution in [2.45, 2.75) is 176 Å². The molecule has 0 aliphatic carbocycles. The maximum absolute atomic E-state index is 12.5. The summed E-state index contributed by atoms with van der Waals surface area (Å²) in [5, 5.41) is 0. The van der Waals surface area contributed by atoms with Crippen LogP contribution >= 0.6 is 7.82 Å². The van der Waals surface area contributed by atoms with Gasteiger partial charge in [-0.05, 0) is 30.6 Å². The average Bonchev–Trinajstić information content (AvgIpc) is 2.98. The summed E-state index contributed by atoms with van der Waals surface area (Å²) in [6.07, 6.45) is 21.3. The fraction of sp³-hybridized carbons (Fsp3) is 0.943. The van der Waals surface area contributed by atoms with Gasteiger partial charge in [-0.3, -0.25) is 18.6 Å². The minimum atomic E-state index is -4.36. The molecule has 9 nitrogen and oxygen atoms in total. The smallest absolute Gasteiger partial charge is 0.462 e.